The van der Waals surface area contributed by atoms with Crippen LogP contribution < -0.4 is 0 Å². The predicted molar refractivity (Wildman–Crippen MR) is 95.1 cm³/mol. The van der Waals surface area contributed by atoms with Gasteiger partial charge in [-0.25, -0.2) is 0 Å². The predicted octanol–water partition coefficient (Wildman–Crippen LogP) is 6.01. The summed E-state index contributed by atoms with van der Waals surface area (Å²) in [6.07, 6.45) is 12.9. The van der Waals surface area contributed by atoms with E-state index < -0.39 is 0 Å². The van der Waals surface area contributed by atoms with E-state index in [1.54, 1.807) is 0 Å². The Hall–Kier alpha value is -0.330. The molecular weight excluding hydrogens is 280 g/mol. The normalized spacial score (nSPS) is 56.4. The third kappa shape index (κ3) is 2.13. The Morgan fingerprint density at radius 2 is 1.65 bits per heavy atom. The topological polar surface area (TPSA) is 17.1 Å². The average molecular weight is 317 g/mol. The maximum Gasteiger partial charge on any atom is 0.136 e. The molecule has 0 bridgehead atoms. The van der Waals surface area contributed by atoms with Gasteiger partial charge in [0.25, 0.3) is 0 Å². The summed E-state index contributed by atoms with van der Waals surface area (Å²) in [7, 11) is 0. The Labute approximate surface area is 143 Å². The van der Waals surface area contributed by atoms with Crippen LogP contribution >= 0.6 is 0 Å². The molecular formula is C22H36O. The number of hydrogen-bond acceptors (Lipinski definition) is 1. The fourth-order valence-corrected chi connectivity index (χ4v) is 8.44. The van der Waals surface area contributed by atoms with Crippen molar-refractivity contribution in [2.24, 2.45) is 39.9 Å². The van der Waals surface area contributed by atoms with Gasteiger partial charge in [0.05, 0.1) is 0 Å². The van der Waals surface area contributed by atoms with Crippen LogP contribution in [0.2, 0.25) is 0 Å². The van der Waals surface area contributed by atoms with Gasteiger partial charge < -0.3 is 0 Å². The summed E-state index contributed by atoms with van der Waals surface area (Å²) in [5.74, 6) is 3.61. The van der Waals surface area contributed by atoms with E-state index in [1.807, 2.05) is 0 Å². The van der Waals surface area contributed by atoms with Crippen molar-refractivity contribution in [1.29, 1.82) is 0 Å². The molecule has 4 rings (SSSR count). The van der Waals surface area contributed by atoms with Gasteiger partial charge in [-0.2, -0.15) is 0 Å². The highest BCUT2D eigenvalue weighted by atomic mass is 16.1. The SMILES string of the molecule is CC1CC[C@@H]2[C@](C)(CC[C@H]3[C@@]2(C)CC[C@H]2C(=O)CCC[C@]32C)C1. The molecule has 1 nitrogen and oxygen atoms in total. The summed E-state index contributed by atoms with van der Waals surface area (Å²) in [6, 6.07) is 0. The molecule has 0 N–H and O–H groups in total. The molecule has 0 aliphatic heterocycles. The van der Waals surface area contributed by atoms with Crippen molar-refractivity contribution in [2.45, 2.75) is 91.9 Å². The Morgan fingerprint density at radius 3 is 2.43 bits per heavy atom. The summed E-state index contributed by atoms with van der Waals surface area (Å²) < 4.78 is 0. The van der Waals surface area contributed by atoms with Gasteiger partial charge in [-0.3, -0.25) is 4.79 Å². The minimum absolute atomic E-state index is 0.312. The highest BCUT2D eigenvalue weighted by Gasteiger charge is 2.63. The van der Waals surface area contributed by atoms with Crippen molar-refractivity contribution in [3.63, 3.8) is 0 Å². The van der Waals surface area contributed by atoms with E-state index in [0.717, 1.165) is 30.6 Å². The molecule has 1 unspecified atom stereocenters. The van der Waals surface area contributed by atoms with Crippen molar-refractivity contribution in [3.05, 3.63) is 0 Å². The lowest BCUT2D eigenvalue weighted by Crippen LogP contribution is -2.60. The molecule has 0 spiro atoms. The van der Waals surface area contributed by atoms with E-state index in [9.17, 15) is 4.79 Å². The summed E-state index contributed by atoms with van der Waals surface area (Å²) in [5.41, 5.74) is 1.38. The maximum atomic E-state index is 12.6. The number of Topliss-reactive ketones (excluding diaryl/α,β-unsaturated/α-hetero) is 1. The molecule has 0 heterocycles. The molecule has 0 aromatic rings. The first-order valence-corrected chi connectivity index (χ1v) is 10.3. The maximum absolute atomic E-state index is 12.6. The van der Waals surface area contributed by atoms with Crippen molar-refractivity contribution >= 4 is 5.78 Å². The molecule has 0 amide bonds. The number of ketones is 1. The lowest BCUT2D eigenvalue weighted by molar-refractivity contribution is -0.184. The molecule has 0 saturated heterocycles. The molecule has 23 heavy (non-hydrogen) atoms. The summed E-state index contributed by atoms with van der Waals surface area (Å²) in [4.78, 5) is 12.6. The van der Waals surface area contributed by atoms with Gasteiger partial charge in [0.15, 0.2) is 0 Å². The standard InChI is InChI=1S/C22H36O/c1-15-7-8-18-20(2,14-15)12-10-19-21(3)11-5-6-17(23)16(21)9-13-22(18,19)4/h15-16,18-19H,5-14H2,1-4H3/t15?,16-,18+,19+,20+,21-,22-/m0/s1. The highest BCUT2D eigenvalue weighted by molar-refractivity contribution is 5.82. The number of rotatable bonds is 0. The Bertz CT molecular complexity index is 510. The third-order valence-electron chi connectivity index (χ3n) is 9.29. The van der Waals surface area contributed by atoms with Crippen molar-refractivity contribution < 1.29 is 4.79 Å². The van der Waals surface area contributed by atoms with Crippen molar-refractivity contribution in [2.75, 3.05) is 0 Å². The van der Waals surface area contributed by atoms with Gasteiger partial charge >= 0.3 is 0 Å². The second kappa shape index (κ2) is 5.09. The van der Waals surface area contributed by atoms with Gasteiger partial charge in [0, 0.05) is 12.3 Å². The molecule has 0 aromatic carbocycles. The van der Waals surface area contributed by atoms with Crippen LogP contribution in [0.3, 0.4) is 0 Å². The fourth-order valence-electron chi connectivity index (χ4n) is 8.44. The van der Waals surface area contributed by atoms with Crippen LogP contribution in [-0.2, 0) is 4.79 Å². The smallest absolute Gasteiger partial charge is 0.136 e. The Morgan fingerprint density at radius 1 is 0.870 bits per heavy atom. The zero-order valence-corrected chi connectivity index (χ0v) is 15.8. The van der Waals surface area contributed by atoms with Gasteiger partial charge in [0.1, 0.15) is 5.78 Å². The largest absolute Gasteiger partial charge is 0.299 e. The summed E-state index contributed by atoms with van der Waals surface area (Å²) >= 11 is 0. The molecule has 7 atom stereocenters. The lowest BCUT2D eigenvalue weighted by Gasteiger charge is -2.67. The van der Waals surface area contributed by atoms with Crippen LogP contribution in [0.1, 0.15) is 91.9 Å². The van der Waals surface area contributed by atoms with Gasteiger partial charge in [-0.15, -0.1) is 0 Å². The minimum Gasteiger partial charge on any atom is -0.299 e. The van der Waals surface area contributed by atoms with E-state index in [-0.39, 0.29) is 0 Å². The first-order valence-electron chi connectivity index (χ1n) is 10.3. The fraction of sp³-hybridized carbons (Fsp3) is 0.955. The van der Waals surface area contributed by atoms with Gasteiger partial charge in [0.2, 0.25) is 0 Å². The Balaban J connectivity index is 1.70. The average Bonchev–Trinajstić information content (AvgIpc) is 2.45. The van der Waals surface area contributed by atoms with Crippen molar-refractivity contribution in [1.82, 2.24) is 0 Å². The van der Waals surface area contributed by atoms with Gasteiger partial charge in [-0.1, -0.05) is 34.1 Å². The van der Waals surface area contributed by atoms with Crippen LogP contribution in [0.15, 0.2) is 0 Å². The molecule has 4 aliphatic carbocycles. The van der Waals surface area contributed by atoms with Crippen LogP contribution in [0.4, 0.5) is 0 Å². The van der Waals surface area contributed by atoms with E-state index >= 15 is 0 Å². The number of carbonyl (C=O) groups excluding carboxylic acids is 1. The van der Waals surface area contributed by atoms with E-state index in [2.05, 4.69) is 27.7 Å². The summed E-state index contributed by atoms with van der Waals surface area (Å²) in [6.45, 7) is 10.2. The highest BCUT2D eigenvalue weighted by Crippen LogP contribution is 2.70. The number of hydrogen-bond donors (Lipinski definition) is 0. The quantitative estimate of drug-likeness (QED) is 0.534. The number of fused-ring (bicyclic) bond motifs is 5. The van der Waals surface area contributed by atoms with E-state index in [1.165, 1.54) is 51.4 Å². The molecule has 4 saturated carbocycles. The minimum atomic E-state index is 0.312. The zero-order valence-electron chi connectivity index (χ0n) is 15.8. The van der Waals surface area contributed by atoms with Crippen LogP contribution in [-0.4, -0.2) is 5.78 Å². The van der Waals surface area contributed by atoms with E-state index in [4.69, 9.17) is 0 Å². The molecule has 130 valence electrons. The first kappa shape index (κ1) is 16.2. The summed E-state index contributed by atoms with van der Waals surface area (Å²) in [5, 5.41) is 0. The molecule has 1 heteroatoms. The second-order valence-electron chi connectivity index (χ2n) is 10.6. The first-order chi connectivity index (χ1) is 10.8. The van der Waals surface area contributed by atoms with Crippen LogP contribution in [0.25, 0.3) is 0 Å². The third-order valence-corrected chi connectivity index (χ3v) is 9.29. The van der Waals surface area contributed by atoms with E-state index in [0.29, 0.717) is 27.9 Å². The molecule has 4 fully saturated rings. The van der Waals surface area contributed by atoms with Crippen molar-refractivity contribution in [3.8, 4) is 0 Å². The van der Waals surface area contributed by atoms with Crippen LogP contribution in [0.5, 0.6) is 0 Å². The molecule has 0 radical (unpaired) electrons. The Kier molecular flexibility index (Phi) is 3.57. The number of carbonyl (C=O) groups is 1. The van der Waals surface area contributed by atoms with Crippen LogP contribution in [0, 0.1) is 39.9 Å². The zero-order chi connectivity index (χ0) is 16.5. The monoisotopic (exact) mass is 316 g/mol. The second-order valence-corrected chi connectivity index (χ2v) is 10.6. The molecule has 4 aliphatic rings. The lowest BCUT2D eigenvalue weighted by atomic mass is 9.37. The molecule has 0 aromatic heterocycles. The van der Waals surface area contributed by atoms with Gasteiger partial charge in [-0.05, 0) is 85.4 Å².